The number of aliphatic hydroxyl groups is 2. The molecule has 0 rings (SSSR count). The highest BCUT2D eigenvalue weighted by Gasteiger charge is 2.18. The molecule has 1 amide bonds. The molecule has 0 bridgehead atoms. The fourth-order valence-corrected chi connectivity index (χ4v) is 10.0. The fourth-order valence-electron chi connectivity index (χ4n) is 10.0. The number of aliphatic hydroxyl groups excluding tert-OH is 2. The molecule has 0 aliphatic carbocycles. The topological polar surface area (TPSA) is 95.9 Å². The van der Waals surface area contributed by atoms with Crippen molar-refractivity contribution in [2.24, 2.45) is 0 Å². The van der Waals surface area contributed by atoms with Gasteiger partial charge in [-0.05, 0) is 83.5 Å². The molecule has 0 aromatic carbocycles. The Morgan fingerprint density at radius 2 is 0.703 bits per heavy atom. The summed E-state index contributed by atoms with van der Waals surface area (Å²) >= 11 is 0. The Balaban J connectivity index is 3.47. The van der Waals surface area contributed by atoms with Crippen LogP contribution in [0.15, 0.2) is 48.6 Å². The second-order valence-corrected chi connectivity index (χ2v) is 22.4. The van der Waals surface area contributed by atoms with Crippen LogP contribution in [0.2, 0.25) is 0 Å². The smallest absolute Gasteiger partial charge is 0.305 e. The highest BCUT2D eigenvalue weighted by atomic mass is 16.5. The van der Waals surface area contributed by atoms with Gasteiger partial charge in [0.25, 0.3) is 0 Å². The van der Waals surface area contributed by atoms with E-state index in [-0.39, 0.29) is 18.5 Å². The number of allylic oxidation sites excluding steroid dienone is 7. The lowest BCUT2D eigenvalue weighted by molar-refractivity contribution is -0.143. The first kappa shape index (κ1) is 71.8. The Bertz CT molecular complexity index is 1240. The fraction of sp³-hybridized carbons (Fsp3) is 0.853. The van der Waals surface area contributed by atoms with Crippen LogP contribution in [0.3, 0.4) is 0 Å². The molecule has 0 saturated heterocycles. The molecule has 0 aromatic rings. The first-order chi connectivity index (χ1) is 36.5. The third-order valence-electron chi connectivity index (χ3n) is 15.0. The van der Waals surface area contributed by atoms with Crippen LogP contribution in [-0.4, -0.2) is 47.4 Å². The van der Waals surface area contributed by atoms with Crippen LogP contribution >= 0.6 is 0 Å². The lowest BCUT2D eigenvalue weighted by Crippen LogP contribution is -2.45. The maximum atomic E-state index is 12.5. The number of rotatable bonds is 61. The largest absolute Gasteiger partial charge is 0.466 e. The number of amides is 1. The van der Waals surface area contributed by atoms with E-state index in [4.69, 9.17) is 4.74 Å². The van der Waals surface area contributed by atoms with Crippen LogP contribution in [0.25, 0.3) is 0 Å². The van der Waals surface area contributed by atoms with E-state index in [1.165, 1.54) is 263 Å². The van der Waals surface area contributed by atoms with Crippen LogP contribution in [0, 0.1) is 0 Å². The molecular formula is C68H127NO5. The van der Waals surface area contributed by atoms with Crippen LogP contribution in [0.5, 0.6) is 0 Å². The van der Waals surface area contributed by atoms with Crippen LogP contribution in [0.1, 0.15) is 348 Å². The van der Waals surface area contributed by atoms with E-state index in [9.17, 15) is 19.8 Å². The predicted molar refractivity (Wildman–Crippen MR) is 324 cm³/mol. The van der Waals surface area contributed by atoms with E-state index in [1.54, 1.807) is 6.08 Å². The summed E-state index contributed by atoms with van der Waals surface area (Å²) in [5, 5.41) is 23.2. The number of unbranched alkanes of at least 4 members (excludes halogenated alkanes) is 44. The third-order valence-corrected chi connectivity index (χ3v) is 15.0. The lowest BCUT2D eigenvalue weighted by atomic mass is 10.0. The van der Waals surface area contributed by atoms with Crippen molar-refractivity contribution in [1.82, 2.24) is 5.32 Å². The van der Waals surface area contributed by atoms with Crippen molar-refractivity contribution in [1.29, 1.82) is 0 Å². The Kier molecular flexibility index (Phi) is 61.5. The molecular weight excluding hydrogens is 911 g/mol. The monoisotopic (exact) mass is 1040 g/mol. The van der Waals surface area contributed by atoms with Gasteiger partial charge in [0.2, 0.25) is 5.91 Å². The molecule has 3 N–H and O–H groups in total. The molecule has 0 fully saturated rings. The van der Waals surface area contributed by atoms with E-state index in [0.717, 1.165) is 57.8 Å². The summed E-state index contributed by atoms with van der Waals surface area (Å²) < 4.78 is 5.46. The van der Waals surface area contributed by atoms with E-state index in [0.29, 0.717) is 19.4 Å². The lowest BCUT2D eigenvalue weighted by Gasteiger charge is -2.20. The van der Waals surface area contributed by atoms with Gasteiger partial charge in [0.05, 0.1) is 25.4 Å². The third kappa shape index (κ3) is 59.1. The van der Waals surface area contributed by atoms with E-state index < -0.39 is 12.1 Å². The maximum Gasteiger partial charge on any atom is 0.305 e. The molecule has 2 unspecified atom stereocenters. The highest BCUT2D eigenvalue weighted by Crippen LogP contribution is 2.17. The standard InChI is InChI=1S/C68H127NO5/c1-3-5-7-9-11-13-15-17-18-19-20-21-22-23-24-27-30-33-37-40-44-48-52-56-60-66(71)65(64-70)69-67(72)61-57-53-49-45-41-38-34-31-28-25-26-29-32-35-39-43-47-51-55-59-63-74-68(73)62-58-54-50-46-42-36-16-14-12-10-8-6-4-2/h8,10,14,16,25,28,56,60,65-66,70-71H,3-7,9,11-13,15,17-24,26-27,29-55,57-59,61-64H2,1-2H3,(H,69,72)/b10-8-,16-14-,28-25-,60-56+. The Morgan fingerprint density at radius 3 is 1.09 bits per heavy atom. The van der Waals surface area contributed by atoms with Gasteiger partial charge in [-0.2, -0.15) is 0 Å². The molecule has 0 aliphatic rings. The van der Waals surface area contributed by atoms with Gasteiger partial charge in [0.1, 0.15) is 0 Å². The second kappa shape index (κ2) is 63.4. The summed E-state index contributed by atoms with van der Waals surface area (Å²) in [4.78, 5) is 24.5. The van der Waals surface area contributed by atoms with E-state index in [1.807, 2.05) is 6.08 Å². The van der Waals surface area contributed by atoms with Gasteiger partial charge in [0.15, 0.2) is 0 Å². The molecule has 0 radical (unpaired) electrons. The highest BCUT2D eigenvalue weighted by molar-refractivity contribution is 5.76. The van der Waals surface area contributed by atoms with Crippen LogP contribution < -0.4 is 5.32 Å². The van der Waals surface area contributed by atoms with Crippen molar-refractivity contribution < 1.29 is 24.5 Å². The van der Waals surface area contributed by atoms with E-state index >= 15 is 0 Å². The zero-order valence-electron chi connectivity index (χ0n) is 49.6. The maximum absolute atomic E-state index is 12.5. The quantitative estimate of drug-likeness (QED) is 0.0320. The van der Waals surface area contributed by atoms with Crippen LogP contribution in [0.4, 0.5) is 0 Å². The van der Waals surface area contributed by atoms with Gasteiger partial charge in [-0.1, -0.05) is 300 Å². The summed E-state index contributed by atoms with van der Waals surface area (Å²) in [5.74, 6) is -0.0840. The summed E-state index contributed by atoms with van der Waals surface area (Å²) in [5.41, 5.74) is 0. The normalized spacial score (nSPS) is 12.9. The van der Waals surface area contributed by atoms with Gasteiger partial charge >= 0.3 is 5.97 Å². The average Bonchev–Trinajstić information content (AvgIpc) is 3.40. The number of carbonyl (C=O) groups excluding carboxylic acids is 2. The zero-order chi connectivity index (χ0) is 53.6. The molecule has 0 aromatic heterocycles. The Morgan fingerprint density at radius 1 is 0.378 bits per heavy atom. The average molecular weight is 1040 g/mol. The van der Waals surface area contributed by atoms with Gasteiger partial charge in [-0.15, -0.1) is 0 Å². The number of esters is 1. The Hall–Kier alpha value is -2.18. The SMILES string of the molecule is CCC/C=C\C/C=C\CCCCCCCC(=O)OCCCCCCCCCCC/C=C\CCCCCCCCCC(=O)NC(CO)C(O)/C=C/CCCCCCCCCCCCCCCCCCCCCCCC. The Labute approximate surface area is 461 Å². The molecule has 6 nitrogen and oxygen atoms in total. The molecule has 0 saturated carbocycles. The van der Waals surface area contributed by atoms with Gasteiger partial charge < -0.3 is 20.3 Å². The first-order valence-corrected chi connectivity index (χ1v) is 32.9. The van der Waals surface area contributed by atoms with Crippen molar-refractivity contribution >= 4 is 11.9 Å². The van der Waals surface area contributed by atoms with Crippen molar-refractivity contribution in [2.45, 2.75) is 360 Å². The number of hydrogen-bond donors (Lipinski definition) is 3. The zero-order valence-corrected chi connectivity index (χ0v) is 49.6. The van der Waals surface area contributed by atoms with Gasteiger partial charge in [-0.25, -0.2) is 0 Å². The minimum atomic E-state index is -0.853. The molecule has 0 aliphatic heterocycles. The van der Waals surface area contributed by atoms with Crippen molar-refractivity contribution in [2.75, 3.05) is 13.2 Å². The number of nitrogens with one attached hydrogen (secondary N) is 1. The number of hydrogen-bond acceptors (Lipinski definition) is 5. The minimum Gasteiger partial charge on any atom is -0.466 e. The molecule has 0 heterocycles. The van der Waals surface area contributed by atoms with Crippen molar-refractivity contribution in [3.05, 3.63) is 48.6 Å². The van der Waals surface area contributed by atoms with Crippen molar-refractivity contribution in [3.63, 3.8) is 0 Å². The molecule has 0 spiro atoms. The summed E-state index contributed by atoms with van der Waals surface area (Å²) in [6, 6.07) is -0.637. The summed E-state index contributed by atoms with van der Waals surface area (Å²) in [6.07, 6.45) is 81.6. The van der Waals surface area contributed by atoms with Gasteiger partial charge in [-0.3, -0.25) is 9.59 Å². The summed E-state index contributed by atoms with van der Waals surface area (Å²) in [7, 11) is 0. The first-order valence-electron chi connectivity index (χ1n) is 32.9. The number of ether oxygens (including phenoxy) is 1. The minimum absolute atomic E-state index is 0.00978. The van der Waals surface area contributed by atoms with E-state index in [2.05, 4.69) is 55.6 Å². The van der Waals surface area contributed by atoms with Crippen molar-refractivity contribution in [3.8, 4) is 0 Å². The number of carbonyl (C=O) groups is 2. The molecule has 74 heavy (non-hydrogen) atoms. The second-order valence-electron chi connectivity index (χ2n) is 22.4. The van der Waals surface area contributed by atoms with Gasteiger partial charge in [0, 0.05) is 12.8 Å². The molecule has 6 heteroatoms. The summed E-state index contributed by atoms with van der Waals surface area (Å²) in [6.45, 7) is 4.84. The molecule has 434 valence electrons. The predicted octanol–water partition coefficient (Wildman–Crippen LogP) is 20.9. The molecule has 2 atom stereocenters. The van der Waals surface area contributed by atoms with Crippen LogP contribution in [-0.2, 0) is 14.3 Å².